The number of benzene rings is 1. The topological polar surface area (TPSA) is 46.3 Å². The lowest BCUT2D eigenvalue weighted by atomic mass is 10.0. The lowest BCUT2D eigenvalue weighted by Crippen LogP contribution is -2.45. The summed E-state index contributed by atoms with van der Waals surface area (Å²) < 4.78 is 0. The van der Waals surface area contributed by atoms with E-state index in [0.29, 0.717) is 6.42 Å². The molecule has 0 bridgehead atoms. The van der Waals surface area contributed by atoms with Gasteiger partial charge in [-0.05, 0) is 38.2 Å². The van der Waals surface area contributed by atoms with E-state index in [4.69, 9.17) is 5.73 Å². The second kappa shape index (κ2) is 6.71. The summed E-state index contributed by atoms with van der Waals surface area (Å²) >= 11 is 0. The number of piperidine rings is 1. The van der Waals surface area contributed by atoms with E-state index in [0.717, 1.165) is 38.8 Å². The number of carbonyl (C=O) groups excluding carboxylic acids is 1. The second-order valence-corrected chi connectivity index (χ2v) is 5.58. The van der Waals surface area contributed by atoms with Gasteiger partial charge in [-0.1, -0.05) is 29.8 Å². The first-order valence-corrected chi connectivity index (χ1v) is 7.24. The number of nitrogens with zero attached hydrogens (tertiary/aromatic N) is 1. The van der Waals surface area contributed by atoms with Crippen LogP contribution in [0.5, 0.6) is 0 Å². The van der Waals surface area contributed by atoms with Crippen molar-refractivity contribution in [3.8, 4) is 0 Å². The standard InChI is InChI=1S/C16H24N2O/c1-13-5-2-6-14(11-13)7-3-9-16(19)18-10-4-8-15(17)12-18/h2,5-6,11,15H,3-4,7-10,12,17H2,1H3. The van der Waals surface area contributed by atoms with Gasteiger partial charge in [-0.3, -0.25) is 4.79 Å². The molecule has 2 N–H and O–H groups in total. The number of likely N-dealkylation sites (tertiary alicyclic amines) is 1. The Morgan fingerprint density at radius 2 is 2.32 bits per heavy atom. The van der Waals surface area contributed by atoms with Crippen LogP contribution < -0.4 is 5.73 Å². The molecule has 1 aromatic carbocycles. The van der Waals surface area contributed by atoms with Gasteiger partial charge in [0.2, 0.25) is 5.91 Å². The van der Waals surface area contributed by atoms with Gasteiger partial charge in [0.25, 0.3) is 0 Å². The van der Waals surface area contributed by atoms with Crippen molar-refractivity contribution in [2.24, 2.45) is 5.73 Å². The van der Waals surface area contributed by atoms with Gasteiger partial charge in [0.05, 0.1) is 0 Å². The Bertz CT molecular complexity index is 431. The van der Waals surface area contributed by atoms with Gasteiger partial charge in [0.1, 0.15) is 0 Å². The van der Waals surface area contributed by atoms with Crippen LogP contribution in [0.15, 0.2) is 24.3 Å². The molecule has 19 heavy (non-hydrogen) atoms. The first-order chi connectivity index (χ1) is 9.15. The van der Waals surface area contributed by atoms with Gasteiger partial charge in [0, 0.05) is 25.6 Å². The number of aryl methyl sites for hydroxylation is 2. The molecule has 0 radical (unpaired) electrons. The van der Waals surface area contributed by atoms with Crippen molar-refractivity contribution in [3.05, 3.63) is 35.4 Å². The van der Waals surface area contributed by atoms with Gasteiger partial charge in [0.15, 0.2) is 0 Å². The average molecular weight is 260 g/mol. The summed E-state index contributed by atoms with van der Waals surface area (Å²) in [4.78, 5) is 14.0. The van der Waals surface area contributed by atoms with E-state index in [1.54, 1.807) is 0 Å². The summed E-state index contributed by atoms with van der Waals surface area (Å²) in [6.45, 7) is 3.73. The van der Waals surface area contributed by atoms with E-state index in [1.807, 2.05) is 4.90 Å². The maximum atomic E-state index is 12.1. The Labute approximate surface area is 115 Å². The zero-order valence-electron chi connectivity index (χ0n) is 11.8. The maximum Gasteiger partial charge on any atom is 0.222 e. The van der Waals surface area contributed by atoms with E-state index < -0.39 is 0 Å². The molecule has 104 valence electrons. The van der Waals surface area contributed by atoms with E-state index in [2.05, 4.69) is 31.2 Å². The fraction of sp³-hybridized carbons (Fsp3) is 0.562. The van der Waals surface area contributed by atoms with Gasteiger partial charge < -0.3 is 10.6 Å². The molecule has 1 aromatic rings. The van der Waals surface area contributed by atoms with Crippen LogP contribution in [0.25, 0.3) is 0 Å². The second-order valence-electron chi connectivity index (χ2n) is 5.58. The highest BCUT2D eigenvalue weighted by molar-refractivity contribution is 5.76. The van der Waals surface area contributed by atoms with Crippen LogP contribution in [0.2, 0.25) is 0 Å². The molecule has 1 aliphatic rings. The SMILES string of the molecule is Cc1cccc(CCCC(=O)N2CCCC(N)C2)c1. The fourth-order valence-corrected chi connectivity index (χ4v) is 2.71. The number of carbonyl (C=O) groups is 1. The summed E-state index contributed by atoms with van der Waals surface area (Å²) in [5.74, 6) is 0.266. The Morgan fingerprint density at radius 3 is 3.05 bits per heavy atom. The molecular formula is C16H24N2O. The molecule has 3 nitrogen and oxygen atoms in total. The predicted molar refractivity (Wildman–Crippen MR) is 77.9 cm³/mol. The highest BCUT2D eigenvalue weighted by atomic mass is 16.2. The van der Waals surface area contributed by atoms with Crippen molar-refractivity contribution in [3.63, 3.8) is 0 Å². The molecule has 0 saturated carbocycles. The molecule has 1 saturated heterocycles. The molecule has 0 aliphatic carbocycles. The van der Waals surface area contributed by atoms with Gasteiger partial charge in [-0.15, -0.1) is 0 Å². The lowest BCUT2D eigenvalue weighted by Gasteiger charge is -2.30. The van der Waals surface area contributed by atoms with Crippen molar-refractivity contribution in [2.75, 3.05) is 13.1 Å². The van der Waals surface area contributed by atoms with Crippen molar-refractivity contribution >= 4 is 5.91 Å². The van der Waals surface area contributed by atoms with Crippen LogP contribution in [0.4, 0.5) is 0 Å². The number of nitrogens with two attached hydrogens (primary N) is 1. The van der Waals surface area contributed by atoms with Crippen LogP contribution in [-0.2, 0) is 11.2 Å². The summed E-state index contributed by atoms with van der Waals surface area (Å²) in [6.07, 6.45) is 4.64. The molecule has 1 fully saturated rings. The number of amides is 1. The van der Waals surface area contributed by atoms with E-state index in [1.165, 1.54) is 11.1 Å². The summed E-state index contributed by atoms with van der Waals surface area (Å²) in [7, 11) is 0. The largest absolute Gasteiger partial charge is 0.341 e. The molecule has 1 amide bonds. The molecule has 1 heterocycles. The summed E-state index contributed by atoms with van der Waals surface area (Å²) in [5.41, 5.74) is 8.51. The van der Waals surface area contributed by atoms with Crippen molar-refractivity contribution < 1.29 is 4.79 Å². The van der Waals surface area contributed by atoms with E-state index in [9.17, 15) is 4.79 Å². The van der Waals surface area contributed by atoms with Crippen LogP contribution in [0.1, 0.15) is 36.8 Å². The molecule has 1 unspecified atom stereocenters. The summed E-state index contributed by atoms with van der Waals surface area (Å²) in [5, 5.41) is 0. The van der Waals surface area contributed by atoms with Crippen LogP contribution in [0.3, 0.4) is 0 Å². The molecule has 2 rings (SSSR count). The van der Waals surface area contributed by atoms with Crippen LogP contribution >= 0.6 is 0 Å². The molecule has 1 atom stereocenters. The highest BCUT2D eigenvalue weighted by Gasteiger charge is 2.20. The molecular weight excluding hydrogens is 236 g/mol. The summed E-state index contributed by atoms with van der Waals surface area (Å²) in [6, 6.07) is 8.68. The minimum absolute atomic E-state index is 0.175. The zero-order chi connectivity index (χ0) is 13.7. The molecule has 0 spiro atoms. The molecule has 0 aromatic heterocycles. The smallest absolute Gasteiger partial charge is 0.222 e. The number of hydrogen-bond acceptors (Lipinski definition) is 2. The normalized spacial score (nSPS) is 19.5. The quantitative estimate of drug-likeness (QED) is 0.902. The minimum atomic E-state index is 0.175. The van der Waals surface area contributed by atoms with Crippen LogP contribution in [0, 0.1) is 6.92 Å². The monoisotopic (exact) mass is 260 g/mol. The lowest BCUT2D eigenvalue weighted by molar-refractivity contribution is -0.132. The first-order valence-electron chi connectivity index (χ1n) is 7.24. The van der Waals surface area contributed by atoms with Gasteiger partial charge in [-0.25, -0.2) is 0 Å². The Hall–Kier alpha value is -1.35. The third-order valence-electron chi connectivity index (χ3n) is 3.75. The average Bonchev–Trinajstić information content (AvgIpc) is 2.38. The van der Waals surface area contributed by atoms with E-state index in [-0.39, 0.29) is 11.9 Å². The Kier molecular flexibility index (Phi) is 4.97. The Morgan fingerprint density at radius 1 is 1.47 bits per heavy atom. The van der Waals surface area contributed by atoms with Crippen molar-refractivity contribution in [1.82, 2.24) is 4.90 Å². The fourth-order valence-electron chi connectivity index (χ4n) is 2.71. The third kappa shape index (κ3) is 4.35. The first kappa shape index (κ1) is 14.1. The molecule has 1 aliphatic heterocycles. The predicted octanol–water partition coefficient (Wildman–Crippen LogP) is 2.27. The minimum Gasteiger partial charge on any atom is -0.341 e. The highest BCUT2D eigenvalue weighted by Crippen LogP contribution is 2.12. The third-order valence-corrected chi connectivity index (χ3v) is 3.75. The van der Waals surface area contributed by atoms with Gasteiger partial charge >= 0.3 is 0 Å². The zero-order valence-corrected chi connectivity index (χ0v) is 11.8. The van der Waals surface area contributed by atoms with Gasteiger partial charge in [-0.2, -0.15) is 0 Å². The van der Waals surface area contributed by atoms with Crippen LogP contribution in [-0.4, -0.2) is 29.9 Å². The van der Waals surface area contributed by atoms with Crippen molar-refractivity contribution in [2.45, 2.75) is 45.1 Å². The Balaban J connectivity index is 1.74. The van der Waals surface area contributed by atoms with Crippen molar-refractivity contribution in [1.29, 1.82) is 0 Å². The number of hydrogen-bond donors (Lipinski definition) is 1. The number of rotatable bonds is 4. The maximum absolute atomic E-state index is 12.1. The van der Waals surface area contributed by atoms with E-state index >= 15 is 0 Å². The molecule has 3 heteroatoms.